The molecule has 0 unspecified atom stereocenters. The molecule has 0 radical (unpaired) electrons. The first-order chi connectivity index (χ1) is 4.93. The first kappa shape index (κ1) is 7.54. The summed E-state index contributed by atoms with van der Waals surface area (Å²) in [5.41, 5.74) is 0. The van der Waals surface area contributed by atoms with Gasteiger partial charge in [-0.3, -0.25) is 4.99 Å². The minimum Gasteiger partial charge on any atom is -0.374 e. The molecule has 0 aromatic carbocycles. The lowest BCUT2D eigenvalue weighted by Gasteiger charge is -2.22. The smallest absolute Gasteiger partial charge is 0.0822 e. The molecule has 0 bridgehead atoms. The molecular formula is C7H15N3. The standard InChI is InChI=1S/C7H15N3/c1-8-6-10-7-2-4-9-5-3-7/h6-7,9H,2-5H2,1H3,(H,8,10). The molecule has 0 spiro atoms. The Kier molecular flexibility index (Phi) is 3.22. The Labute approximate surface area is 61.9 Å². The molecule has 0 aromatic heterocycles. The lowest BCUT2D eigenvalue weighted by atomic mass is 10.1. The second-order valence-corrected chi connectivity index (χ2v) is 2.58. The Bertz CT molecular complexity index is 105. The van der Waals surface area contributed by atoms with Crippen molar-refractivity contribution < 1.29 is 0 Å². The summed E-state index contributed by atoms with van der Waals surface area (Å²) >= 11 is 0. The molecule has 1 heterocycles. The zero-order chi connectivity index (χ0) is 7.23. The molecule has 0 aliphatic carbocycles. The fourth-order valence-corrected chi connectivity index (χ4v) is 1.17. The van der Waals surface area contributed by atoms with Gasteiger partial charge in [-0.2, -0.15) is 0 Å². The monoisotopic (exact) mass is 141 g/mol. The van der Waals surface area contributed by atoms with Gasteiger partial charge in [-0.25, -0.2) is 0 Å². The van der Waals surface area contributed by atoms with Crippen LogP contribution in [0.15, 0.2) is 4.99 Å². The highest BCUT2D eigenvalue weighted by molar-refractivity contribution is 5.54. The van der Waals surface area contributed by atoms with Crippen LogP contribution in [0.4, 0.5) is 0 Å². The predicted octanol–water partition coefficient (Wildman–Crippen LogP) is -0.0139. The van der Waals surface area contributed by atoms with Crippen LogP contribution in [0.1, 0.15) is 12.8 Å². The molecule has 0 aromatic rings. The van der Waals surface area contributed by atoms with Crippen LogP contribution >= 0.6 is 0 Å². The van der Waals surface area contributed by atoms with Crippen LogP contribution in [0, 0.1) is 0 Å². The van der Waals surface area contributed by atoms with Crippen LogP contribution in [-0.4, -0.2) is 32.5 Å². The Morgan fingerprint density at radius 2 is 2.20 bits per heavy atom. The Balaban J connectivity index is 2.13. The van der Waals surface area contributed by atoms with Gasteiger partial charge in [0.25, 0.3) is 0 Å². The third-order valence-corrected chi connectivity index (χ3v) is 1.78. The normalized spacial score (nSPS) is 21.7. The summed E-state index contributed by atoms with van der Waals surface area (Å²) < 4.78 is 0. The lowest BCUT2D eigenvalue weighted by Crippen LogP contribution is -2.39. The second kappa shape index (κ2) is 4.28. The molecule has 1 rings (SSSR count). The van der Waals surface area contributed by atoms with Gasteiger partial charge >= 0.3 is 0 Å². The van der Waals surface area contributed by atoms with Crippen molar-refractivity contribution in [1.29, 1.82) is 0 Å². The van der Waals surface area contributed by atoms with Crippen molar-refractivity contribution in [3.05, 3.63) is 0 Å². The van der Waals surface area contributed by atoms with Gasteiger partial charge in [0.15, 0.2) is 0 Å². The minimum absolute atomic E-state index is 0.643. The van der Waals surface area contributed by atoms with Crippen molar-refractivity contribution in [3.8, 4) is 0 Å². The minimum atomic E-state index is 0.643. The summed E-state index contributed by atoms with van der Waals surface area (Å²) in [6.45, 7) is 2.27. The molecule has 0 amide bonds. The lowest BCUT2D eigenvalue weighted by molar-refractivity contribution is 0.432. The van der Waals surface area contributed by atoms with Gasteiger partial charge in [0, 0.05) is 13.1 Å². The summed E-state index contributed by atoms with van der Waals surface area (Å²) in [6, 6.07) is 0.643. The topological polar surface area (TPSA) is 36.4 Å². The van der Waals surface area contributed by atoms with Crippen LogP contribution in [0.2, 0.25) is 0 Å². The third-order valence-electron chi connectivity index (χ3n) is 1.78. The largest absolute Gasteiger partial charge is 0.374 e. The quantitative estimate of drug-likeness (QED) is 0.419. The molecule has 10 heavy (non-hydrogen) atoms. The van der Waals surface area contributed by atoms with E-state index < -0.39 is 0 Å². The number of nitrogens with zero attached hydrogens (tertiary/aromatic N) is 1. The number of nitrogens with one attached hydrogen (secondary N) is 2. The number of hydrogen-bond donors (Lipinski definition) is 2. The van der Waals surface area contributed by atoms with E-state index in [1.807, 2.05) is 0 Å². The maximum Gasteiger partial charge on any atom is 0.0822 e. The Hall–Kier alpha value is -0.570. The molecule has 3 heteroatoms. The first-order valence-electron chi connectivity index (χ1n) is 3.81. The number of hydrogen-bond acceptors (Lipinski definition) is 2. The average molecular weight is 141 g/mol. The van der Waals surface area contributed by atoms with Crippen LogP contribution in [0.5, 0.6) is 0 Å². The summed E-state index contributed by atoms with van der Waals surface area (Å²) in [4.78, 5) is 3.87. The highest BCUT2D eigenvalue weighted by Crippen LogP contribution is 1.99. The van der Waals surface area contributed by atoms with Crippen molar-refractivity contribution in [2.24, 2.45) is 4.99 Å². The van der Waals surface area contributed by atoms with E-state index in [1.54, 1.807) is 13.4 Å². The van der Waals surface area contributed by atoms with Gasteiger partial charge in [0.05, 0.1) is 6.34 Å². The van der Waals surface area contributed by atoms with E-state index in [0.717, 1.165) is 13.1 Å². The maximum absolute atomic E-state index is 3.87. The number of aliphatic imine (C=N–C) groups is 1. The van der Waals surface area contributed by atoms with Crippen molar-refractivity contribution in [2.75, 3.05) is 20.1 Å². The van der Waals surface area contributed by atoms with Crippen molar-refractivity contribution >= 4 is 6.34 Å². The van der Waals surface area contributed by atoms with Crippen molar-refractivity contribution in [2.45, 2.75) is 18.9 Å². The van der Waals surface area contributed by atoms with Crippen LogP contribution in [0.3, 0.4) is 0 Å². The van der Waals surface area contributed by atoms with Crippen LogP contribution in [0.25, 0.3) is 0 Å². The van der Waals surface area contributed by atoms with Crippen LogP contribution in [-0.2, 0) is 0 Å². The summed E-state index contributed by atoms with van der Waals surface area (Å²) in [7, 11) is 1.79. The molecule has 1 aliphatic heterocycles. The summed E-state index contributed by atoms with van der Waals surface area (Å²) in [5, 5.41) is 6.55. The van der Waals surface area contributed by atoms with Gasteiger partial charge in [0.2, 0.25) is 0 Å². The number of rotatable bonds is 2. The van der Waals surface area contributed by atoms with E-state index in [9.17, 15) is 0 Å². The number of piperidine rings is 1. The molecule has 3 nitrogen and oxygen atoms in total. The molecule has 2 N–H and O–H groups in total. The van der Waals surface area contributed by atoms with Crippen LogP contribution < -0.4 is 10.6 Å². The highest BCUT2D eigenvalue weighted by atomic mass is 15.0. The van der Waals surface area contributed by atoms with E-state index in [0.29, 0.717) is 6.04 Å². The van der Waals surface area contributed by atoms with Gasteiger partial charge in [-0.15, -0.1) is 0 Å². The van der Waals surface area contributed by atoms with E-state index in [1.165, 1.54) is 12.8 Å². The summed E-state index contributed by atoms with van der Waals surface area (Å²) in [5.74, 6) is 0. The maximum atomic E-state index is 3.87. The molecule has 58 valence electrons. The SMILES string of the molecule is CN=CNC1CCNCC1. The molecule has 0 atom stereocenters. The summed E-state index contributed by atoms with van der Waals surface area (Å²) in [6.07, 6.45) is 4.22. The predicted molar refractivity (Wildman–Crippen MR) is 43.4 cm³/mol. The van der Waals surface area contributed by atoms with E-state index in [4.69, 9.17) is 0 Å². The molecule has 1 fully saturated rings. The van der Waals surface area contributed by atoms with Gasteiger partial charge < -0.3 is 10.6 Å². The molecule has 0 saturated carbocycles. The van der Waals surface area contributed by atoms with E-state index >= 15 is 0 Å². The van der Waals surface area contributed by atoms with Gasteiger partial charge in [0.1, 0.15) is 0 Å². The van der Waals surface area contributed by atoms with Gasteiger partial charge in [-0.1, -0.05) is 0 Å². The van der Waals surface area contributed by atoms with Gasteiger partial charge in [-0.05, 0) is 25.9 Å². The zero-order valence-corrected chi connectivity index (χ0v) is 6.43. The Morgan fingerprint density at radius 1 is 1.50 bits per heavy atom. The first-order valence-corrected chi connectivity index (χ1v) is 3.81. The van der Waals surface area contributed by atoms with E-state index in [2.05, 4.69) is 15.6 Å². The zero-order valence-electron chi connectivity index (χ0n) is 6.43. The molecular weight excluding hydrogens is 126 g/mol. The fourth-order valence-electron chi connectivity index (χ4n) is 1.17. The second-order valence-electron chi connectivity index (χ2n) is 2.58. The van der Waals surface area contributed by atoms with Crippen molar-refractivity contribution in [3.63, 3.8) is 0 Å². The fraction of sp³-hybridized carbons (Fsp3) is 0.857. The van der Waals surface area contributed by atoms with E-state index in [-0.39, 0.29) is 0 Å². The highest BCUT2D eigenvalue weighted by Gasteiger charge is 2.09. The van der Waals surface area contributed by atoms with Crippen molar-refractivity contribution in [1.82, 2.24) is 10.6 Å². The molecule has 1 aliphatic rings. The Morgan fingerprint density at radius 3 is 2.80 bits per heavy atom. The third kappa shape index (κ3) is 2.35. The molecule has 1 saturated heterocycles. The average Bonchev–Trinajstić information content (AvgIpc) is 2.03.